The molecule has 3 rings (SSSR count). The Hall–Kier alpha value is -2.53. The predicted octanol–water partition coefficient (Wildman–Crippen LogP) is 3.54. The lowest BCUT2D eigenvalue weighted by molar-refractivity contribution is -0.122. The van der Waals surface area contributed by atoms with Gasteiger partial charge >= 0.3 is 0 Å². The zero-order chi connectivity index (χ0) is 19.2. The van der Waals surface area contributed by atoms with Crippen molar-refractivity contribution in [3.8, 4) is 5.75 Å². The van der Waals surface area contributed by atoms with E-state index in [0.717, 1.165) is 38.4 Å². The molecule has 1 heterocycles. The van der Waals surface area contributed by atoms with Crippen LogP contribution < -0.4 is 15.0 Å². The topological polar surface area (TPSA) is 44.8 Å². The number of amides is 1. The van der Waals surface area contributed by atoms with E-state index in [0.29, 0.717) is 5.75 Å². The summed E-state index contributed by atoms with van der Waals surface area (Å²) >= 11 is 0. The molecular formula is C22H29N3O2. The quantitative estimate of drug-likeness (QED) is 0.848. The van der Waals surface area contributed by atoms with Crippen molar-refractivity contribution in [2.24, 2.45) is 0 Å². The molecule has 1 atom stereocenters. The largest absolute Gasteiger partial charge is 0.481 e. The van der Waals surface area contributed by atoms with Gasteiger partial charge in [-0.2, -0.15) is 0 Å². The first kappa shape index (κ1) is 19.2. The number of nitrogens with one attached hydrogen (secondary N) is 1. The summed E-state index contributed by atoms with van der Waals surface area (Å²) in [5.74, 6) is 0.542. The van der Waals surface area contributed by atoms with E-state index in [9.17, 15) is 4.79 Å². The van der Waals surface area contributed by atoms with Gasteiger partial charge in [-0.25, -0.2) is 0 Å². The van der Waals surface area contributed by atoms with Gasteiger partial charge in [-0.3, -0.25) is 4.79 Å². The Morgan fingerprint density at radius 3 is 2.44 bits per heavy atom. The minimum atomic E-state index is -0.561. The first-order valence-electron chi connectivity index (χ1n) is 9.67. The number of anilines is 2. The number of ether oxygens (including phenoxy) is 1. The molecule has 1 aliphatic heterocycles. The van der Waals surface area contributed by atoms with Gasteiger partial charge in [0.2, 0.25) is 0 Å². The van der Waals surface area contributed by atoms with Crippen LogP contribution in [0.4, 0.5) is 11.4 Å². The lowest BCUT2D eigenvalue weighted by atomic mass is 10.1. The van der Waals surface area contributed by atoms with Crippen molar-refractivity contribution in [3.05, 3.63) is 54.1 Å². The maximum Gasteiger partial charge on any atom is 0.265 e. The number of piperazine rings is 1. The highest BCUT2D eigenvalue weighted by Crippen LogP contribution is 2.25. The number of hydrogen-bond donors (Lipinski definition) is 1. The third kappa shape index (κ3) is 5.01. The van der Waals surface area contributed by atoms with Gasteiger partial charge in [-0.15, -0.1) is 0 Å². The molecule has 2 aromatic rings. The highest BCUT2D eigenvalue weighted by Gasteiger charge is 2.18. The van der Waals surface area contributed by atoms with Crippen molar-refractivity contribution in [1.82, 2.24) is 4.90 Å². The van der Waals surface area contributed by atoms with Crippen LogP contribution in [0.25, 0.3) is 0 Å². The molecule has 1 N–H and O–H groups in total. The van der Waals surface area contributed by atoms with Crippen LogP contribution in [0.15, 0.2) is 48.5 Å². The Bertz CT molecular complexity index is 755. The van der Waals surface area contributed by atoms with Crippen LogP contribution in [-0.2, 0) is 4.79 Å². The standard InChI is InChI=1S/C22H29N3O2/c1-4-24-12-14-25(15-13-24)21-11-10-19(16-17(21)2)23-22(26)18(3)27-20-8-6-5-7-9-20/h5-11,16,18H,4,12-15H2,1-3H3,(H,23,26). The molecule has 1 fully saturated rings. The highest BCUT2D eigenvalue weighted by atomic mass is 16.5. The van der Waals surface area contributed by atoms with Crippen LogP contribution in [0.3, 0.4) is 0 Å². The fraction of sp³-hybridized carbons (Fsp3) is 0.409. The van der Waals surface area contributed by atoms with Gasteiger partial charge in [-0.05, 0) is 56.3 Å². The Balaban J connectivity index is 1.59. The molecule has 144 valence electrons. The predicted molar refractivity (Wildman–Crippen MR) is 111 cm³/mol. The van der Waals surface area contributed by atoms with Gasteiger partial charge in [-0.1, -0.05) is 25.1 Å². The maximum absolute atomic E-state index is 12.4. The SMILES string of the molecule is CCN1CCN(c2ccc(NC(=O)C(C)Oc3ccccc3)cc2C)CC1. The molecule has 0 saturated carbocycles. The number of para-hydroxylation sites is 1. The average Bonchev–Trinajstić information content (AvgIpc) is 2.69. The smallest absolute Gasteiger partial charge is 0.265 e. The monoisotopic (exact) mass is 367 g/mol. The third-order valence-electron chi connectivity index (χ3n) is 5.05. The van der Waals surface area contributed by atoms with Crippen molar-refractivity contribution >= 4 is 17.3 Å². The van der Waals surface area contributed by atoms with E-state index in [-0.39, 0.29) is 5.91 Å². The number of nitrogens with zero attached hydrogens (tertiary/aromatic N) is 2. The van der Waals surface area contributed by atoms with Crippen LogP contribution in [0.2, 0.25) is 0 Å². The zero-order valence-corrected chi connectivity index (χ0v) is 16.4. The molecule has 1 aliphatic rings. The Kier molecular flexibility index (Phi) is 6.35. The van der Waals surface area contributed by atoms with Crippen molar-refractivity contribution in [2.75, 3.05) is 42.9 Å². The molecule has 1 unspecified atom stereocenters. The van der Waals surface area contributed by atoms with E-state index in [1.807, 2.05) is 42.5 Å². The van der Waals surface area contributed by atoms with Crippen molar-refractivity contribution in [1.29, 1.82) is 0 Å². The lowest BCUT2D eigenvalue weighted by Crippen LogP contribution is -2.46. The van der Waals surface area contributed by atoms with Gasteiger partial charge in [0.25, 0.3) is 5.91 Å². The average molecular weight is 367 g/mol. The normalized spacial score (nSPS) is 16.0. The number of rotatable bonds is 6. The van der Waals surface area contributed by atoms with Crippen LogP contribution in [0, 0.1) is 6.92 Å². The van der Waals surface area contributed by atoms with E-state index in [2.05, 4.69) is 35.0 Å². The number of aryl methyl sites for hydroxylation is 1. The molecule has 1 amide bonds. The van der Waals surface area contributed by atoms with Gasteiger partial charge in [0.1, 0.15) is 5.75 Å². The fourth-order valence-electron chi connectivity index (χ4n) is 3.39. The second-order valence-electron chi connectivity index (χ2n) is 6.98. The van der Waals surface area contributed by atoms with Crippen molar-refractivity contribution < 1.29 is 9.53 Å². The summed E-state index contributed by atoms with van der Waals surface area (Å²) < 4.78 is 5.69. The summed E-state index contributed by atoms with van der Waals surface area (Å²) in [4.78, 5) is 17.3. The molecule has 27 heavy (non-hydrogen) atoms. The van der Waals surface area contributed by atoms with Crippen LogP contribution in [-0.4, -0.2) is 49.6 Å². The minimum absolute atomic E-state index is 0.150. The maximum atomic E-state index is 12.4. The molecule has 5 nitrogen and oxygen atoms in total. The van der Waals surface area contributed by atoms with Gasteiger partial charge in [0.15, 0.2) is 6.10 Å². The Morgan fingerprint density at radius 1 is 1.11 bits per heavy atom. The van der Waals surface area contributed by atoms with Crippen molar-refractivity contribution in [3.63, 3.8) is 0 Å². The lowest BCUT2D eigenvalue weighted by Gasteiger charge is -2.36. The zero-order valence-electron chi connectivity index (χ0n) is 16.4. The first-order valence-corrected chi connectivity index (χ1v) is 9.67. The Morgan fingerprint density at radius 2 is 1.81 bits per heavy atom. The van der Waals surface area contributed by atoms with Gasteiger partial charge < -0.3 is 19.9 Å². The van der Waals surface area contributed by atoms with Crippen LogP contribution in [0.5, 0.6) is 5.75 Å². The molecule has 1 saturated heterocycles. The molecule has 0 radical (unpaired) electrons. The first-order chi connectivity index (χ1) is 13.1. The number of carbonyl (C=O) groups excluding carboxylic acids is 1. The van der Waals surface area contributed by atoms with E-state index in [4.69, 9.17) is 4.74 Å². The molecule has 0 aliphatic carbocycles. The molecule has 0 spiro atoms. The Labute approximate surface area is 161 Å². The fourth-order valence-corrected chi connectivity index (χ4v) is 3.39. The second kappa shape index (κ2) is 8.91. The van der Waals surface area contributed by atoms with Crippen molar-refractivity contribution in [2.45, 2.75) is 26.9 Å². The van der Waals surface area contributed by atoms with E-state index < -0.39 is 6.10 Å². The molecule has 2 aromatic carbocycles. The summed E-state index contributed by atoms with van der Waals surface area (Å²) in [5.41, 5.74) is 3.23. The second-order valence-corrected chi connectivity index (χ2v) is 6.98. The number of benzene rings is 2. The van der Waals surface area contributed by atoms with Gasteiger partial charge in [0.05, 0.1) is 0 Å². The van der Waals surface area contributed by atoms with E-state index >= 15 is 0 Å². The molecular weight excluding hydrogens is 338 g/mol. The van der Waals surface area contributed by atoms with Gasteiger partial charge in [0, 0.05) is 37.6 Å². The van der Waals surface area contributed by atoms with Crippen LogP contribution in [0.1, 0.15) is 19.4 Å². The summed E-state index contributed by atoms with van der Waals surface area (Å²) in [7, 11) is 0. The summed E-state index contributed by atoms with van der Waals surface area (Å²) in [6.07, 6.45) is -0.561. The molecule has 0 aromatic heterocycles. The van der Waals surface area contributed by atoms with E-state index in [1.165, 1.54) is 11.3 Å². The number of likely N-dealkylation sites (N-methyl/N-ethyl adjacent to an activating group) is 1. The summed E-state index contributed by atoms with van der Waals surface area (Å²) in [6.45, 7) is 11.5. The minimum Gasteiger partial charge on any atom is -0.481 e. The molecule has 5 heteroatoms. The number of carbonyl (C=O) groups is 1. The molecule has 0 bridgehead atoms. The summed E-state index contributed by atoms with van der Waals surface area (Å²) in [6, 6.07) is 15.5. The van der Waals surface area contributed by atoms with Crippen LogP contribution >= 0.6 is 0 Å². The summed E-state index contributed by atoms with van der Waals surface area (Å²) in [5, 5.41) is 2.96. The van der Waals surface area contributed by atoms with E-state index in [1.54, 1.807) is 6.92 Å². The third-order valence-corrected chi connectivity index (χ3v) is 5.05. The highest BCUT2D eigenvalue weighted by molar-refractivity contribution is 5.94. The number of hydrogen-bond acceptors (Lipinski definition) is 4.